The number of anilines is 3. The summed E-state index contributed by atoms with van der Waals surface area (Å²) in [5.74, 6) is -0.903. The molecular weight excluding hydrogens is 426 g/mol. The van der Waals surface area contributed by atoms with Gasteiger partial charge >= 0.3 is 5.69 Å². The summed E-state index contributed by atoms with van der Waals surface area (Å²) < 4.78 is 6.39. The molecule has 33 heavy (non-hydrogen) atoms. The number of fused-ring (bicyclic) bond motifs is 1. The number of carbonyl (C=O) groups excluding carboxylic acids is 2. The van der Waals surface area contributed by atoms with E-state index in [9.17, 15) is 19.2 Å². The molecule has 0 radical (unpaired) electrons. The number of aromatic amines is 1. The van der Waals surface area contributed by atoms with E-state index in [0.29, 0.717) is 25.8 Å². The number of para-hydroxylation sites is 1. The minimum atomic E-state index is -0.723. The zero-order valence-corrected chi connectivity index (χ0v) is 19.1. The van der Waals surface area contributed by atoms with Gasteiger partial charge in [0.25, 0.3) is 5.56 Å². The Morgan fingerprint density at radius 1 is 1.27 bits per heavy atom. The van der Waals surface area contributed by atoms with Gasteiger partial charge in [-0.3, -0.25) is 23.9 Å². The average molecular weight is 458 g/mol. The highest BCUT2D eigenvalue weighted by Gasteiger charge is 2.29. The van der Waals surface area contributed by atoms with E-state index in [4.69, 9.17) is 10.5 Å². The van der Waals surface area contributed by atoms with Crippen LogP contribution in [0.5, 0.6) is 0 Å². The van der Waals surface area contributed by atoms with Crippen LogP contribution in [0, 0.1) is 5.92 Å². The summed E-state index contributed by atoms with van der Waals surface area (Å²) in [5.41, 5.74) is 6.62. The monoisotopic (exact) mass is 457 g/mol. The summed E-state index contributed by atoms with van der Waals surface area (Å²) in [6.45, 7) is 2.57. The molecule has 0 fully saturated rings. The summed E-state index contributed by atoms with van der Waals surface area (Å²) in [6.07, 6.45) is 2.42. The van der Waals surface area contributed by atoms with Crippen LogP contribution in [0.3, 0.4) is 0 Å². The van der Waals surface area contributed by atoms with Crippen LogP contribution in [0.25, 0.3) is 0 Å². The molecule has 3 rings (SSSR count). The summed E-state index contributed by atoms with van der Waals surface area (Å²) in [6, 6.07) is 7.57. The van der Waals surface area contributed by atoms with E-state index in [1.807, 2.05) is 31.2 Å². The molecule has 1 atom stereocenters. The van der Waals surface area contributed by atoms with E-state index < -0.39 is 11.2 Å². The van der Waals surface area contributed by atoms with E-state index in [0.717, 1.165) is 17.7 Å². The third kappa shape index (κ3) is 5.51. The predicted molar refractivity (Wildman–Crippen MR) is 126 cm³/mol. The highest BCUT2D eigenvalue weighted by Crippen LogP contribution is 2.28. The molecule has 2 aromatic rings. The second kappa shape index (κ2) is 11.0. The number of aromatic nitrogens is 2. The van der Waals surface area contributed by atoms with E-state index in [2.05, 4.69) is 10.3 Å². The van der Waals surface area contributed by atoms with Crippen LogP contribution >= 0.6 is 0 Å². The number of benzene rings is 1. The third-order valence-electron chi connectivity index (χ3n) is 5.86. The van der Waals surface area contributed by atoms with Crippen LogP contribution in [0.2, 0.25) is 0 Å². The van der Waals surface area contributed by atoms with Crippen molar-refractivity contribution in [3.63, 3.8) is 0 Å². The van der Waals surface area contributed by atoms with Crippen LogP contribution in [-0.2, 0) is 27.3 Å². The van der Waals surface area contributed by atoms with Gasteiger partial charge in [-0.15, -0.1) is 0 Å². The quantitative estimate of drug-likeness (QED) is 0.494. The number of amides is 2. The lowest BCUT2D eigenvalue weighted by molar-refractivity contribution is -0.121. The Morgan fingerprint density at radius 3 is 2.76 bits per heavy atom. The molecular formula is C23H31N5O5. The van der Waals surface area contributed by atoms with E-state index in [1.54, 1.807) is 0 Å². The Kier molecular flexibility index (Phi) is 8.05. The molecule has 0 spiro atoms. The molecule has 0 bridgehead atoms. The number of hydrogen-bond acceptors (Lipinski definition) is 6. The van der Waals surface area contributed by atoms with Gasteiger partial charge in [-0.2, -0.15) is 0 Å². The normalized spacial score (nSPS) is 15.1. The first-order valence-electron chi connectivity index (χ1n) is 11.2. The maximum atomic E-state index is 13.2. The van der Waals surface area contributed by atoms with Crippen molar-refractivity contribution in [2.45, 2.75) is 45.6 Å². The van der Waals surface area contributed by atoms with E-state index in [-0.39, 0.29) is 48.8 Å². The SMILES string of the molecule is CCCCn1c(N)c(N(CCOC)C(=O)CCC2Cc3ccccc3NC2=O)c(=O)[nH]c1=O. The lowest BCUT2D eigenvalue weighted by atomic mass is 9.89. The zero-order chi connectivity index (χ0) is 24.0. The van der Waals surface area contributed by atoms with Crippen molar-refractivity contribution in [1.29, 1.82) is 0 Å². The lowest BCUT2D eigenvalue weighted by Crippen LogP contribution is -2.43. The minimum absolute atomic E-state index is 0.0386. The molecule has 0 saturated carbocycles. The Morgan fingerprint density at radius 2 is 2.03 bits per heavy atom. The first-order chi connectivity index (χ1) is 15.9. The van der Waals surface area contributed by atoms with Gasteiger partial charge in [0.1, 0.15) is 5.82 Å². The third-order valence-corrected chi connectivity index (χ3v) is 5.86. The summed E-state index contributed by atoms with van der Waals surface area (Å²) in [7, 11) is 1.49. The van der Waals surface area contributed by atoms with Gasteiger partial charge in [0, 0.05) is 38.2 Å². The van der Waals surface area contributed by atoms with E-state index in [1.165, 1.54) is 16.6 Å². The second-order valence-electron chi connectivity index (χ2n) is 8.12. The van der Waals surface area contributed by atoms with Gasteiger partial charge in [0.2, 0.25) is 11.8 Å². The Bertz CT molecular complexity index is 1120. The maximum absolute atomic E-state index is 13.2. The number of nitrogens with one attached hydrogen (secondary N) is 2. The summed E-state index contributed by atoms with van der Waals surface area (Å²) in [4.78, 5) is 54.1. The Hall–Kier alpha value is -3.40. The fraction of sp³-hybridized carbons (Fsp3) is 0.478. The van der Waals surface area contributed by atoms with Gasteiger partial charge in [-0.1, -0.05) is 31.5 Å². The fourth-order valence-corrected chi connectivity index (χ4v) is 4.00. The number of nitrogens with zero attached hydrogens (tertiary/aromatic N) is 2. The molecule has 4 N–H and O–H groups in total. The molecule has 1 aromatic carbocycles. The fourth-order valence-electron chi connectivity index (χ4n) is 4.00. The van der Waals surface area contributed by atoms with Crippen LogP contribution in [0.1, 0.15) is 38.2 Å². The molecule has 10 heteroatoms. The molecule has 2 amide bonds. The van der Waals surface area contributed by atoms with E-state index >= 15 is 0 Å². The van der Waals surface area contributed by atoms with Gasteiger partial charge < -0.3 is 20.7 Å². The molecule has 0 saturated heterocycles. The molecule has 1 aliphatic heterocycles. The highest BCUT2D eigenvalue weighted by molar-refractivity contribution is 5.98. The smallest absolute Gasteiger partial charge is 0.330 e. The van der Waals surface area contributed by atoms with Crippen LogP contribution in [-0.4, -0.2) is 41.6 Å². The van der Waals surface area contributed by atoms with Crippen molar-refractivity contribution < 1.29 is 14.3 Å². The number of H-pyrrole nitrogens is 1. The number of carbonyl (C=O) groups is 2. The maximum Gasteiger partial charge on any atom is 0.330 e. The second-order valence-corrected chi connectivity index (χ2v) is 8.12. The molecule has 1 unspecified atom stereocenters. The van der Waals surface area contributed by atoms with Gasteiger partial charge in [0.15, 0.2) is 5.69 Å². The molecule has 1 aliphatic rings. The first-order valence-corrected chi connectivity index (χ1v) is 11.2. The summed E-state index contributed by atoms with van der Waals surface area (Å²) >= 11 is 0. The van der Waals surface area contributed by atoms with Crippen LogP contribution < -0.4 is 27.2 Å². The molecule has 0 aliphatic carbocycles. The van der Waals surface area contributed by atoms with Crippen molar-refractivity contribution in [3.8, 4) is 0 Å². The van der Waals surface area contributed by atoms with Gasteiger partial charge in [0.05, 0.1) is 6.61 Å². The number of nitrogens with two attached hydrogens (primary N) is 1. The largest absolute Gasteiger partial charge is 0.383 e. The van der Waals surface area contributed by atoms with Crippen molar-refractivity contribution in [2.24, 2.45) is 5.92 Å². The van der Waals surface area contributed by atoms with Gasteiger partial charge in [-0.25, -0.2) is 4.79 Å². The first kappa shape index (κ1) is 24.2. The Labute approximate surface area is 191 Å². The minimum Gasteiger partial charge on any atom is -0.383 e. The van der Waals surface area contributed by atoms with Crippen LogP contribution in [0.15, 0.2) is 33.9 Å². The molecule has 1 aromatic heterocycles. The molecule has 10 nitrogen and oxygen atoms in total. The van der Waals surface area contributed by atoms with Crippen molar-refractivity contribution in [2.75, 3.05) is 36.2 Å². The number of rotatable bonds is 10. The van der Waals surface area contributed by atoms with Gasteiger partial charge in [-0.05, 0) is 30.9 Å². The zero-order valence-electron chi connectivity index (χ0n) is 19.1. The topological polar surface area (TPSA) is 140 Å². The lowest BCUT2D eigenvalue weighted by Gasteiger charge is -2.27. The number of ether oxygens (including phenoxy) is 1. The predicted octanol–water partition coefficient (Wildman–Crippen LogP) is 1.49. The van der Waals surface area contributed by atoms with Crippen LogP contribution in [0.4, 0.5) is 17.2 Å². The standard InChI is InChI=1S/C23H31N5O5/c1-3-4-11-28-20(24)19(22(31)26-23(28)32)27(12-13-33-2)18(29)10-9-16-14-15-7-5-6-8-17(15)25-21(16)30/h5-8,16H,3-4,9-14,24H2,1-2H3,(H,25,30)(H,26,31,32). The molecule has 178 valence electrons. The number of nitrogen functional groups attached to an aromatic ring is 1. The number of unbranched alkanes of at least 4 members (excludes halogenated alkanes) is 1. The Balaban J connectivity index is 1.82. The highest BCUT2D eigenvalue weighted by atomic mass is 16.5. The number of hydrogen-bond donors (Lipinski definition) is 3. The van der Waals surface area contributed by atoms with Crippen molar-refractivity contribution in [1.82, 2.24) is 9.55 Å². The summed E-state index contributed by atoms with van der Waals surface area (Å²) in [5, 5.41) is 2.88. The molecule has 2 heterocycles. The number of methoxy groups -OCH3 is 1. The average Bonchev–Trinajstić information content (AvgIpc) is 2.79. The van der Waals surface area contributed by atoms with Crippen molar-refractivity contribution in [3.05, 3.63) is 50.7 Å². The van der Waals surface area contributed by atoms with Crippen molar-refractivity contribution >= 4 is 29.0 Å².